The molecule has 1 aromatic carbocycles. The third-order valence-corrected chi connectivity index (χ3v) is 5.49. The molecule has 2 heterocycles. The van der Waals surface area contributed by atoms with E-state index in [1.807, 2.05) is 25.1 Å². The maximum atomic E-state index is 12.9. The van der Waals surface area contributed by atoms with Crippen LogP contribution in [0, 0.1) is 18.8 Å². The summed E-state index contributed by atoms with van der Waals surface area (Å²) < 4.78 is 5.38. The number of ether oxygens (including phenoxy) is 1. The van der Waals surface area contributed by atoms with E-state index in [9.17, 15) is 14.4 Å². The van der Waals surface area contributed by atoms with E-state index in [0.717, 1.165) is 5.56 Å². The summed E-state index contributed by atoms with van der Waals surface area (Å²) in [5, 5.41) is 8.91. The SMILES string of the molecule is COc1ccc(C)cc1N1CC(C(=O)N2CCC(CC(=O)O)CC2)CC1=O. The molecule has 2 aliphatic heterocycles. The van der Waals surface area contributed by atoms with Crippen LogP contribution >= 0.6 is 0 Å². The highest BCUT2D eigenvalue weighted by molar-refractivity contribution is 6.01. The van der Waals surface area contributed by atoms with Crippen LogP contribution in [-0.2, 0) is 14.4 Å². The van der Waals surface area contributed by atoms with Gasteiger partial charge in [0.1, 0.15) is 5.75 Å². The molecule has 1 atom stereocenters. The molecule has 7 heteroatoms. The summed E-state index contributed by atoms with van der Waals surface area (Å²) >= 11 is 0. The van der Waals surface area contributed by atoms with Crippen molar-refractivity contribution in [2.75, 3.05) is 31.6 Å². The second-order valence-corrected chi connectivity index (χ2v) is 7.45. The molecule has 2 fully saturated rings. The third-order valence-electron chi connectivity index (χ3n) is 5.49. The average Bonchev–Trinajstić information content (AvgIpc) is 3.03. The standard InChI is InChI=1S/C20H26N2O5/c1-13-3-4-17(27-2)16(9-13)22-12-15(11-18(22)23)20(26)21-7-5-14(6-8-21)10-19(24)25/h3-4,9,14-15H,5-8,10-12H2,1-2H3,(H,24,25). The number of anilines is 1. The van der Waals surface area contributed by atoms with Crippen LogP contribution < -0.4 is 9.64 Å². The number of carboxylic acid groups (broad SMARTS) is 1. The number of nitrogens with zero attached hydrogens (tertiary/aromatic N) is 2. The van der Waals surface area contributed by atoms with Crippen molar-refractivity contribution in [3.8, 4) is 5.75 Å². The molecule has 2 saturated heterocycles. The molecule has 1 aromatic rings. The number of methoxy groups -OCH3 is 1. The van der Waals surface area contributed by atoms with E-state index in [0.29, 0.717) is 43.9 Å². The molecular formula is C20H26N2O5. The summed E-state index contributed by atoms with van der Waals surface area (Å²) in [4.78, 5) is 39.7. The number of piperidine rings is 1. The first-order valence-corrected chi connectivity index (χ1v) is 9.34. The second kappa shape index (κ2) is 7.98. The molecule has 7 nitrogen and oxygen atoms in total. The number of carbonyl (C=O) groups excluding carboxylic acids is 2. The monoisotopic (exact) mass is 374 g/mol. The molecule has 27 heavy (non-hydrogen) atoms. The Balaban J connectivity index is 1.65. The normalized spacial score (nSPS) is 20.8. The van der Waals surface area contributed by atoms with Crippen LogP contribution in [0.5, 0.6) is 5.75 Å². The molecule has 0 aromatic heterocycles. The van der Waals surface area contributed by atoms with Gasteiger partial charge in [-0.1, -0.05) is 6.07 Å². The van der Waals surface area contributed by atoms with Gasteiger partial charge in [0.05, 0.1) is 18.7 Å². The summed E-state index contributed by atoms with van der Waals surface area (Å²) in [5.74, 6) is -0.478. The highest BCUT2D eigenvalue weighted by Gasteiger charge is 2.39. The maximum absolute atomic E-state index is 12.9. The van der Waals surface area contributed by atoms with Crippen molar-refractivity contribution in [3.05, 3.63) is 23.8 Å². The third kappa shape index (κ3) is 4.23. The van der Waals surface area contributed by atoms with Gasteiger partial charge in [-0.15, -0.1) is 0 Å². The number of carbonyl (C=O) groups is 3. The van der Waals surface area contributed by atoms with Crippen molar-refractivity contribution in [2.24, 2.45) is 11.8 Å². The minimum Gasteiger partial charge on any atom is -0.495 e. The second-order valence-electron chi connectivity index (χ2n) is 7.45. The van der Waals surface area contributed by atoms with Crippen LogP contribution in [0.1, 0.15) is 31.2 Å². The highest BCUT2D eigenvalue weighted by atomic mass is 16.5. The Labute approximate surface area is 158 Å². The number of aliphatic carboxylic acids is 1. The zero-order valence-electron chi connectivity index (χ0n) is 15.8. The fraction of sp³-hybridized carbons (Fsp3) is 0.550. The van der Waals surface area contributed by atoms with E-state index < -0.39 is 5.97 Å². The van der Waals surface area contributed by atoms with Gasteiger partial charge >= 0.3 is 5.97 Å². The summed E-state index contributed by atoms with van der Waals surface area (Å²) in [6.07, 6.45) is 1.76. The first-order chi connectivity index (χ1) is 12.9. The largest absolute Gasteiger partial charge is 0.495 e. The Morgan fingerprint density at radius 3 is 2.59 bits per heavy atom. The topological polar surface area (TPSA) is 87.2 Å². The average molecular weight is 374 g/mol. The summed E-state index contributed by atoms with van der Waals surface area (Å²) in [7, 11) is 1.57. The van der Waals surface area contributed by atoms with Crippen LogP contribution in [0.25, 0.3) is 0 Å². The Morgan fingerprint density at radius 2 is 1.96 bits per heavy atom. The van der Waals surface area contributed by atoms with Gasteiger partial charge in [0.25, 0.3) is 0 Å². The smallest absolute Gasteiger partial charge is 0.303 e. The first-order valence-electron chi connectivity index (χ1n) is 9.34. The van der Waals surface area contributed by atoms with Gasteiger partial charge in [-0.25, -0.2) is 0 Å². The van der Waals surface area contributed by atoms with Gasteiger partial charge in [-0.05, 0) is 43.4 Å². The van der Waals surface area contributed by atoms with Gasteiger partial charge in [-0.3, -0.25) is 14.4 Å². The number of amides is 2. The molecule has 0 spiro atoms. The Hall–Kier alpha value is -2.57. The quantitative estimate of drug-likeness (QED) is 0.853. The number of carboxylic acids is 1. The lowest BCUT2D eigenvalue weighted by Gasteiger charge is -2.33. The fourth-order valence-electron chi connectivity index (χ4n) is 3.98. The fourth-order valence-corrected chi connectivity index (χ4v) is 3.98. The molecule has 0 radical (unpaired) electrons. The number of rotatable bonds is 5. The predicted molar refractivity (Wildman–Crippen MR) is 99.7 cm³/mol. The molecule has 0 saturated carbocycles. The van der Waals surface area contributed by atoms with Gasteiger partial charge in [0, 0.05) is 32.5 Å². The van der Waals surface area contributed by atoms with Crippen LogP contribution in [-0.4, -0.2) is 54.5 Å². The van der Waals surface area contributed by atoms with Crippen molar-refractivity contribution in [1.82, 2.24) is 4.90 Å². The minimum atomic E-state index is -0.788. The van der Waals surface area contributed by atoms with E-state index in [2.05, 4.69) is 0 Å². The summed E-state index contributed by atoms with van der Waals surface area (Å²) in [5.41, 5.74) is 1.73. The number of likely N-dealkylation sites (tertiary alicyclic amines) is 1. The lowest BCUT2D eigenvalue weighted by molar-refractivity contribution is -0.139. The number of benzene rings is 1. The van der Waals surface area contributed by atoms with Crippen molar-refractivity contribution in [1.29, 1.82) is 0 Å². The maximum Gasteiger partial charge on any atom is 0.303 e. The summed E-state index contributed by atoms with van der Waals surface area (Å²) in [6.45, 7) is 3.43. The van der Waals surface area contributed by atoms with E-state index >= 15 is 0 Å². The van der Waals surface area contributed by atoms with Crippen LogP contribution in [0.3, 0.4) is 0 Å². The van der Waals surface area contributed by atoms with E-state index in [4.69, 9.17) is 9.84 Å². The van der Waals surface area contributed by atoms with Crippen molar-refractivity contribution in [2.45, 2.75) is 32.6 Å². The van der Waals surface area contributed by atoms with Gasteiger partial charge in [0.2, 0.25) is 11.8 Å². The zero-order chi connectivity index (χ0) is 19.6. The van der Waals surface area contributed by atoms with E-state index in [1.165, 1.54) is 0 Å². The Bertz CT molecular complexity index is 740. The van der Waals surface area contributed by atoms with E-state index in [1.54, 1.807) is 16.9 Å². The van der Waals surface area contributed by atoms with Crippen molar-refractivity contribution >= 4 is 23.5 Å². The zero-order valence-corrected chi connectivity index (χ0v) is 15.8. The van der Waals surface area contributed by atoms with Crippen LogP contribution in [0.2, 0.25) is 0 Å². The molecule has 0 bridgehead atoms. The Kier molecular flexibility index (Phi) is 5.68. The molecule has 1 unspecified atom stereocenters. The van der Waals surface area contributed by atoms with Crippen LogP contribution in [0.15, 0.2) is 18.2 Å². The predicted octanol–water partition coefficient (Wildman–Crippen LogP) is 2.07. The number of hydrogen-bond donors (Lipinski definition) is 1. The number of aryl methyl sites for hydroxylation is 1. The molecule has 2 aliphatic rings. The lowest BCUT2D eigenvalue weighted by atomic mass is 9.92. The first kappa shape index (κ1) is 19.2. The number of hydrogen-bond acceptors (Lipinski definition) is 4. The van der Waals surface area contributed by atoms with Crippen molar-refractivity contribution < 1.29 is 24.2 Å². The van der Waals surface area contributed by atoms with Crippen molar-refractivity contribution in [3.63, 3.8) is 0 Å². The Morgan fingerprint density at radius 1 is 1.26 bits per heavy atom. The highest BCUT2D eigenvalue weighted by Crippen LogP contribution is 2.34. The molecule has 0 aliphatic carbocycles. The molecule has 3 rings (SSSR count). The molecule has 2 amide bonds. The summed E-state index contributed by atoms with van der Waals surface area (Å²) in [6, 6.07) is 5.66. The van der Waals surface area contributed by atoms with Gasteiger partial charge in [0.15, 0.2) is 0 Å². The van der Waals surface area contributed by atoms with Gasteiger partial charge < -0.3 is 19.6 Å². The lowest BCUT2D eigenvalue weighted by Crippen LogP contribution is -2.42. The molecule has 146 valence electrons. The van der Waals surface area contributed by atoms with Crippen LogP contribution in [0.4, 0.5) is 5.69 Å². The van der Waals surface area contributed by atoms with E-state index in [-0.39, 0.29) is 36.5 Å². The van der Waals surface area contributed by atoms with Gasteiger partial charge in [-0.2, -0.15) is 0 Å². The minimum absolute atomic E-state index is 0.00811. The molecule has 1 N–H and O–H groups in total. The molecular weight excluding hydrogens is 348 g/mol.